The van der Waals surface area contributed by atoms with Gasteiger partial charge in [-0.2, -0.15) is 13.2 Å². The molecule has 120 valence electrons. The number of anilines is 1. The molecule has 8 heteroatoms. The first-order chi connectivity index (χ1) is 10.7. The summed E-state index contributed by atoms with van der Waals surface area (Å²) in [4.78, 5) is 11.7. The number of hydrogen-bond donors (Lipinski definition) is 2. The van der Waals surface area contributed by atoms with Crippen LogP contribution in [0.2, 0.25) is 0 Å². The van der Waals surface area contributed by atoms with Gasteiger partial charge in [-0.05, 0) is 42.7 Å². The number of primary amides is 1. The van der Waals surface area contributed by atoms with Crippen molar-refractivity contribution in [3.8, 4) is 11.3 Å². The molecule has 1 aromatic carbocycles. The van der Waals surface area contributed by atoms with Gasteiger partial charge < -0.3 is 11.5 Å². The van der Waals surface area contributed by atoms with Gasteiger partial charge in [-0.15, -0.1) is 10.2 Å². The van der Waals surface area contributed by atoms with E-state index in [0.29, 0.717) is 24.1 Å². The van der Waals surface area contributed by atoms with Crippen molar-refractivity contribution in [2.45, 2.75) is 24.4 Å². The van der Waals surface area contributed by atoms with Crippen LogP contribution >= 0.6 is 0 Å². The first-order valence-corrected chi connectivity index (χ1v) is 6.85. The summed E-state index contributed by atoms with van der Waals surface area (Å²) in [7, 11) is 0. The molecule has 1 aliphatic carbocycles. The Morgan fingerprint density at radius 2 is 1.83 bits per heavy atom. The Balaban J connectivity index is 2.16. The van der Waals surface area contributed by atoms with E-state index >= 15 is 0 Å². The third kappa shape index (κ3) is 2.60. The molecule has 0 atom stereocenters. The van der Waals surface area contributed by atoms with Crippen molar-refractivity contribution in [1.82, 2.24) is 10.2 Å². The number of aromatic nitrogens is 2. The molecule has 1 saturated carbocycles. The third-order valence-electron chi connectivity index (χ3n) is 4.04. The van der Waals surface area contributed by atoms with Crippen molar-refractivity contribution >= 4 is 11.7 Å². The zero-order valence-electron chi connectivity index (χ0n) is 11.9. The summed E-state index contributed by atoms with van der Waals surface area (Å²) in [5, 5.41) is 7.54. The zero-order chi connectivity index (χ0) is 16.8. The summed E-state index contributed by atoms with van der Waals surface area (Å²) in [6, 6.07) is 6.62. The van der Waals surface area contributed by atoms with Gasteiger partial charge in [-0.25, -0.2) is 0 Å². The highest BCUT2D eigenvalue weighted by Crippen LogP contribution is 2.52. The quantitative estimate of drug-likeness (QED) is 0.906. The normalized spacial score (nSPS) is 16.1. The van der Waals surface area contributed by atoms with Crippen LogP contribution in [0.4, 0.5) is 19.0 Å². The number of amides is 1. The third-order valence-corrected chi connectivity index (χ3v) is 4.04. The van der Waals surface area contributed by atoms with Gasteiger partial charge in [0.15, 0.2) is 0 Å². The number of nitrogens with two attached hydrogens (primary N) is 2. The molecule has 2 aromatic rings. The monoisotopic (exact) mass is 322 g/mol. The van der Waals surface area contributed by atoms with Crippen LogP contribution in [-0.2, 0) is 16.4 Å². The molecule has 3 rings (SSSR count). The van der Waals surface area contributed by atoms with Crippen molar-refractivity contribution < 1.29 is 18.0 Å². The molecular formula is C15H13F3N4O. The van der Waals surface area contributed by atoms with Gasteiger partial charge in [-0.1, -0.05) is 6.07 Å². The van der Waals surface area contributed by atoms with Gasteiger partial charge in [0.25, 0.3) is 0 Å². The average molecular weight is 322 g/mol. The molecule has 0 saturated heterocycles. The minimum atomic E-state index is -4.56. The van der Waals surface area contributed by atoms with Gasteiger partial charge in [0.05, 0.1) is 16.7 Å². The maximum atomic E-state index is 13.3. The molecule has 1 heterocycles. The van der Waals surface area contributed by atoms with E-state index in [0.717, 1.165) is 6.07 Å². The number of carbonyl (C=O) groups excluding carboxylic acids is 1. The zero-order valence-corrected chi connectivity index (χ0v) is 11.9. The molecule has 23 heavy (non-hydrogen) atoms. The largest absolute Gasteiger partial charge is 0.416 e. The van der Waals surface area contributed by atoms with Crippen LogP contribution in [0, 0.1) is 0 Å². The molecule has 4 N–H and O–H groups in total. The fraction of sp³-hybridized carbons (Fsp3) is 0.267. The van der Waals surface area contributed by atoms with Gasteiger partial charge >= 0.3 is 6.18 Å². The van der Waals surface area contributed by atoms with Crippen molar-refractivity contribution in [2.75, 3.05) is 5.73 Å². The minimum absolute atomic E-state index is 0.103. The van der Waals surface area contributed by atoms with Gasteiger partial charge in [-0.3, -0.25) is 4.79 Å². The molecule has 1 aliphatic rings. The highest BCUT2D eigenvalue weighted by molar-refractivity contribution is 5.91. The fourth-order valence-corrected chi connectivity index (χ4v) is 2.62. The van der Waals surface area contributed by atoms with Crippen LogP contribution in [0.3, 0.4) is 0 Å². The van der Waals surface area contributed by atoms with E-state index in [1.54, 1.807) is 6.07 Å². The maximum absolute atomic E-state index is 13.3. The van der Waals surface area contributed by atoms with Crippen LogP contribution in [0.1, 0.15) is 24.0 Å². The van der Waals surface area contributed by atoms with Crippen LogP contribution in [0.5, 0.6) is 0 Å². The van der Waals surface area contributed by atoms with Crippen LogP contribution in [0.15, 0.2) is 30.3 Å². The number of halogens is 3. The Morgan fingerprint density at radius 3 is 2.30 bits per heavy atom. The molecule has 0 aliphatic heterocycles. The summed E-state index contributed by atoms with van der Waals surface area (Å²) in [5.41, 5.74) is 9.38. The molecule has 1 aromatic heterocycles. The highest BCUT2D eigenvalue weighted by Gasteiger charge is 2.53. The maximum Gasteiger partial charge on any atom is 0.416 e. The average Bonchev–Trinajstić information content (AvgIpc) is 3.28. The predicted molar refractivity (Wildman–Crippen MR) is 77.0 cm³/mol. The summed E-state index contributed by atoms with van der Waals surface area (Å²) in [5.74, 6) is -0.541. The Morgan fingerprint density at radius 1 is 1.13 bits per heavy atom. The van der Waals surface area contributed by atoms with E-state index in [9.17, 15) is 18.0 Å². The lowest BCUT2D eigenvalue weighted by Gasteiger charge is -2.19. The molecule has 0 spiro atoms. The van der Waals surface area contributed by atoms with E-state index < -0.39 is 23.1 Å². The van der Waals surface area contributed by atoms with Gasteiger partial charge in [0.1, 0.15) is 5.82 Å². The number of hydrogen-bond acceptors (Lipinski definition) is 4. The van der Waals surface area contributed by atoms with Crippen LogP contribution in [-0.4, -0.2) is 16.1 Å². The number of benzene rings is 1. The summed E-state index contributed by atoms with van der Waals surface area (Å²) in [6.07, 6.45) is -3.95. The number of nitrogen functional groups attached to an aromatic ring is 1. The van der Waals surface area contributed by atoms with Crippen molar-refractivity contribution in [3.63, 3.8) is 0 Å². The SMILES string of the molecule is NC(=O)C1(c2cc(-c3ccc(N)nn3)ccc2C(F)(F)F)CC1. The second-order valence-electron chi connectivity index (χ2n) is 5.55. The van der Waals surface area contributed by atoms with E-state index in [4.69, 9.17) is 11.5 Å². The summed E-state index contributed by atoms with van der Waals surface area (Å²) in [6.45, 7) is 0. The number of alkyl halides is 3. The second kappa shape index (κ2) is 4.94. The lowest BCUT2D eigenvalue weighted by atomic mass is 9.88. The van der Waals surface area contributed by atoms with E-state index in [1.165, 1.54) is 18.2 Å². The Labute approximate surface area is 129 Å². The van der Waals surface area contributed by atoms with Crippen molar-refractivity contribution in [2.24, 2.45) is 5.73 Å². The topological polar surface area (TPSA) is 94.9 Å². The second-order valence-corrected chi connectivity index (χ2v) is 5.55. The predicted octanol–water partition coefficient (Wildman–Crippen LogP) is 2.26. The molecule has 0 unspecified atom stereocenters. The molecule has 1 fully saturated rings. The van der Waals surface area contributed by atoms with E-state index in [1.807, 2.05) is 0 Å². The van der Waals surface area contributed by atoms with Crippen molar-refractivity contribution in [1.29, 1.82) is 0 Å². The number of carbonyl (C=O) groups is 1. The lowest BCUT2D eigenvalue weighted by Crippen LogP contribution is -2.30. The molecular weight excluding hydrogens is 309 g/mol. The molecule has 0 bridgehead atoms. The summed E-state index contributed by atoms with van der Waals surface area (Å²) >= 11 is 0. The van der Waals surface area contributed by atoms with E-state index in [2.05, 4.69) is 10.2 Å². The highest BCUT2D eigenvalue weighted by atomic mass is 19.4. The van der Waals surface area contributed by atoms with Gasteiger partial charge in [0.2, 0.25) is 5.91 Å². The lowest BCUT2D eigenvalue weighted by molar-refractivity contribution is -0.138. The molecule has 0 radical (unpaired) electrons. The Bertz CT molecular complexity index is 767. The van der Waals surface area contributed by atoms with Crippen LogP contribution < -0.4 is 11.5 Å². The minimum Gasteiger partial charge on any atom is -0.382 e. The first-order valence-electron chi connectivity index (χ1n) is 6.85. The smallest absolute Gasteiger partial charge is 0.382 e. The Hall–Kier alpha value is -2.64. The number of nitrogens with zero attached hydrogens (tertiary/aromatic N) is 2. The fourth-order valence-electron chi connectivity index (χ4n) is 2.62. The molecule has 1 amide bonds. The summed E-state index contributed by atoms with van der Waals surface area (Å²) < 4.78 is 39.8. The standard InChI is InChI=1S/C15H13F3N4O/c16-15(17,18)9-2-1-8(11-3-4-12(19)22-21-11)7-10(9)14(5-6-14)13(20)23/h1-4,7H,5-6H2,(H2,19,22)(H2,20,23). The molecule has 5 nitrogen and oxygen atoms in total. The van der Waals surface area contributed by atoms with Gasteiger partial charge in [0, 0.05) is 5.56 Å². The van der Waals surface area contributed by atoms with Crippen LogP contribution in [0.25, 0.3) is 11.3 Å². The number of rotatable bonds is 3. The Kier molecular flexibility index (Phi) is 3.28. The van der Waals surface area contributed by atoms with E-state index in [-0.39, 0.29) is 11.4 Å². The van der Waals surface area contributed by atoms with Crippen molar-refractivity contribution in [3.05, 3.63) is 41.5 Å². The first kappa shape index (κ1) is 15.3.